The second-order valence-corrected chi connectivity index (χ2v) is 5.40. The molecule has 0 aromatic carbocycles. The first kappa shape index (κ1) is 8.55. The van der Waals surface area contributed by atoms with Crippen LogP contribution in [0.15, 0.2) is 0 Å². The second-order valence-electron chi connectivity index (χ2n) is 5.40. The van der Waals surface area contributed by atoms with E-state index < -0.39 is 0 Å². The summed E-state index contributed by atoms with van der Waals surface area (Å²) in [5.74, 6) is 1.84. The van der Waals surface area contributed by atoms with E-state index in [2.05, 4.69) is 25.8 Å². The normalized spacial score (nSPS) is 34.5. The highest BCUT2D eigenvalue weighted by atomic mass is 15.1. The molecule has 2 rings (SSSR count). The number of nitrogens with zero attached hydrogens (tertiary/aromatic N) is 1. The molecular formula is C11H21N. The Morgan fingerprint density at radius 1 is 1.33 bits per heavy atom. The molecule has 1 spiro atoms. The van der Waals surface area contributed by atoms with Crippen LogP contribution >= 0.6 is 0 Å². The third-order valence-electron chi connectivity index (χ3n) is 3.75. The molecule has 1 saturated heterocycles. The summed E-state index contributed by atoms with van der Waals surface area (Å²) >= 11 is 0. The Morgan fingerprint density at radius 2 is 2.00 bits per heavy atom. The summed E-state index contributed by atoms with van der Waals surface area (Å²) in [6, 6.07) is 0. The summed E-state index contributed by atoms with van der Waals surface area (Å²) in [4.78, 5) is 2.54. The first-order valence-corrected chi connectivity index (χ1v) is 5.30. The third-order valence-corrected chi connectivity index (χ3v) is 3.75. The van der Waals surface area contributed by atoms with Crippen LogP contribution in [0.4, 0.5) is 0 Å². The molecule has 0 aromatic heterocycles. The lowest BCUT2D eigenvalue weighted by molar-refractivity contribution is 0.110. The number of hydrogen-bond donors (Lipinski definition) is 0. The summed E-state index contributed by atoms with van der Waals surface area (Å²) in [6.07, 6.45) is 4.51. The second kappa shape index (κ2) is 2.73. The zero-order valence-electron chi connectivity index (χ0n) is 8.64. The first-order valence-electron chi connectivity index (χ1n) is 5.30. The fourth-order valence-electron chi connectivity index (χ4n) is 2.71. The van der Waals surface area contributed by atoms with Crippen molar-refractivity contribution in [1.82, 2.24) is 4.90 Å². The molecule has 70 valence electrons. The van der Waals surface area contributed by atoms with Crippen LogP contribution in [0.3, 0.4) is 0 Å². The van der Waals surface area contributed by atoms with Crippen LogP contribution in [0.2, 0.25) is 0 Å². The molecule has 1 atom stereocenters. The molecule has 1 heteroatoms. The minimum atomic E-state index is 0.780. The van der Waals surface area contributed by atoms with Crippen molar-refractivity contribution < 1.29 is 0 Å². The average Bonchev–Trinajstić information content (AvgIpc) is 2.67. The third kappa shape index (κ3) is 1.52. The number of hydrogen-bond acceptors (Lipinski definition) is 1. The summed E-state index contributed by atoms with van der Waals surface area (Å²) in [7, 11) is 2.29. The van der Waals surface area contributed by atoms with Crippen molar-refractivity contribution in [3.8, 4) is 0 Å². The monoisotopic (exact) mass is 167 g/mol. The van der Waals surface area contributed by atoms with E-state index in [0.29, 0.717) is 0 Å². The number of likely N-dealkylation sites (tertiary alicyclic amines) is 1. The SMILES string of the molecule is CC(C)[C@@H]1CN(C)CC2(CC2)C1. The van der Waals surface area contributed by atoms with Crippen molar-refractivity contribution in [3.05, 3.63) is 0 Å². The van der Waals surface area contributed by atoms with Gasteiger partial charge in [-0.2, -0.15) is 0 Å². The Balaban J connectivity index is 1.99. The quantitative estimate of drug-likeness (QED) is 0.579. The van der Waals surface area contributed by atoms with Gasteiger partial charge in [0.1, 0.15) is 0 Å². The van der Waals surface area contributed by atoms with E-state index in [1.165, 1.54) is 32.4 Å². The van der Waals surface area contributed by atoms with Gasteiger partial charge in [-0.1, -0.05) is 13.8 Å². The van der Waals surface area contributed by atoms with E-state index in [9.17, 15) is 0 Å². The van der Waals surface area contributed by atoms with Gasteiger partial charge in [-0.25, -0.2) is 0 Å². The van der Waals surface area contributed by atoms with Crippen LogP contribution in [-0.4, -0.2) is 25.0 Å². The van der Waals surface area contributed by atoms with E-state index in [0.717, 1.165) is 17.3 Å². The zero-order valence-corrected chi connectivity index (χ0v) is 8.64. The molecule has 0 amide bonds. The number of piperidine rings is 1. The van der Waals surface area contributed by atoms with Crippen molar-refractivity contribution in [2.45, 2.75) is 33.1 Å². The fraction of sp³-hybridized carbons (Fsp3) is 1.00. The van der Waals surface area contributed by atoms with Crippen molar-refractivity contribution in [2.75, 3.05) is 20.1 Å². The van der Waals surface area contributed by atoms with Gasteiger partial charge in [0.2, 0.25) is 0 Å². The van der Waals surface area contributed by atoms with Gasteiger partial charge in [-0.3, -0.25) is 0 Å². The molecule has 1 nitrogen and oxygen atoms in total. The predicted molar refractivity (Wildman–Crippen MR) is 52.1 cm³/mol. The predicted octanol–water partition coefficient (Wildman–Crippen LogP) is 2.37. The van der Waals surface area contributed by atoms with Crippen molar-refractivity contribution in [2.24, 2.45) is 17.3 Å². The van der Waals surface area contributed by atoms with Crippen molar-refractivity contribution >= 4 is 0 Å². The molecule has 0 aromatic rings. The lowest BCUT2D eigenvalue weighted by atomic mass is 9.81. The maximum Gasteiger partial charge on any atom is 0.00352 e. The zero-order chi connectivity index (χ0) is 8.77. The van der Waals surface area contributed by atoms with E-state index in [4.69, 9.17) is 0 Å². The van der Waals surface area contributed by atoms with Crippen LogP contribution in [0, 0.1) is 17.3 Å². The van der Waals surface area contributed by atoms with E-state index in [1.807, 2.05) is 0 Å². The smallest absolute Gasteiger partial charge is 0.00352 e. The Kier molecular flexibility index (Phi) is 1.95. The molecule has 1 aliphatic carbocycles. The van der Waals surface area contributed by atoms with Crippen LogP contribution in [0.5, 0.6) is 0 Å². The molecule has 0 radical (unpaired) electrons. The lowest BCUT2D eigenvalue weighted by Gasteiger charge is -2.38. The van der Waals surface area contributed by atoms with Gasteiger partial charge in [-0.05, 0) is 43.6 Å². The van der Waals surface area contributed by atoms with Crippen LogP contribution in [0.25, 0.3) is 0 Å². The summed E-state index contributed by atoms with van der Waals surface area (Å²) < 4.78 is 0. The molecule has 0 bridgehead atoms. The Hall–Kier alpha value is -0.0400. The molecule has 1 aliphatic heterocycles. The average molecular weight is 167 g/mol. The highest BCUT2D eigenvalue weighted by Crippen LogP contribution is 2.54. The van der Waals surface area contributed by atoms with Crippen molar-refractivity contribution in [3.63, 3.8) is 0 Å². The van der Waals surface area contributed by atoms with Crippen LogP contribution in [-0.2, 0) is 0 Å². The van der Waals surface area contributed by atoms with Crippen LogP contribution < -0.4 is 0 Å². The summed E-state index contributed by atoms with van der Waals surface area (Å²) in [5.41, 5.74) is 0.780. The molecule has 0 N–H and O–H groups in total. The van der Waals surface area contributed by atoms with Gasteiger partial charge in [0, 0.05) is 13.1 Å². The lowest BCUT2D eigenvalue weighted by Crippen LogP contribution is -2.40. The molecule has 1 heterocycles. The number of rotatable bonds is 1. The minimum Gasteiger partial charge on any atom is -0.306 e. The van der Waals surface area contributed by atoms with Gasteiger partial charge in [0.25, 0.3) is 0 Å². The summed E-state index contributed by atoms with van der Waals surface area (Å²) in [5, 5.41) is 0. The highest BCUT2D eigenvalue weighted by Gasteiger charge is 2.47. The Labute approximate surface area is 76.1 Å². The molecule has 1 saturated carbocycles. The molecular weight excluding hydrogens is 146 g/mol. The van der Waals surface area contributed by atoms with Crippen molar-refractivity contribution in [1.29, 1.82) is 0 Å². The van der Waals surface area contributed by atoms with Gasteiger partial charge in [-0.15, -0.1) is 0 Å². The maximum absolute atomic E-state index is 2.54. The highest BCUT2D eigenvalue weighted by molar-refractivity contribution is 5.00. The van der Waals surface area contributed by atoms with Gasteiger partial charge >= 0.3 is 0 Å². The maximum atomic E-state index is 2.54. The standard InChI is InChI=1S/C11H21N/c1-9(2)10-6-11(4-5-11)8-12(3)7-10/h9-10H,4-8H2,1-3H3/t10-/m0/s1. The molecule has 12 heavy (non-hydrogen) atoms. The first-order chi connectivity index (χ1) is 5.61. The van der Waals surface area contributed by atoms with Gasteiger partial charge in [0.05, 0.1) is 0 Å². The van der Waals surface area contributed by atoms with Gasteiger partial charge < -0.3 is 4.90 Å². The topological polar surface area (TPSA) is 3.24 Å². The molecule has 2 aliphatic rings. The Morgan fingerprint density at radius 3 is 2.50 bits per heavy atom. The van der Waals surface area contributed by atoms with E-state index in [1.54, 1.807) is 0 Å². The molecule has 0 unspecified atom stereocenters. The van der Waals surface area contributed by atoms with Gasteiger partial charge in [0.15, 0.2) is 0 Å². The fourth-order valence-corrected chi connectivity index (χ4v) is 2.71. The summed E-state index contributed by atoms with van der Waals surface area (Å²) in [6.45, 7) is 7.45. The van der Waals surface area contributed by atoms with E-state index in [-0.39, 0.29) is 0 Å². The Bertz CT molecular complexity index is 170. The molecule has 2 fully saturated rings. The van der Waals surface area contributed by atoms with E-state index >= 15 is 0 Å². The largest absolute Gasteiger partial charge is 0.306 e. The van der Waals surface area contributed by atoms with Crippen LogP contribution in [0.1, 0.15) is 33.1 Å². The minimum absolute atomic E-state index is 0.780.